The van der Waals surface area contributed by atoms with E-state index in [0.29, 0.717) is 6.21 Å². The van der Waals surface area contributed by atoms with Crippen LogP contribution in [0.2, 0.25) is 0 Å². The van der Waals surface area contributed by atoms with Crippen molar-refractivity contribution >= 4 is 12.2 Å². The molecule has 2 fully saturated rings. The van der Waals surface area contributed by atoms with Crippen molar-refractivity contribution in [1.29, 1.82) is 0 Å². The first-order valence-electron chi connectivity index (χ1n) is 10.2. The van der Waals surface area contributed by atoms with E-state index in [2.05, 4.69) is 4.79 Å². The Morgan fingerprint density at radius 2 is 1.81 bits per heavy atom. The minimum absolute atomic E-state index is 0.244. The number of carbonyl (C=O) groups excluding carboxylic acids is 1. The Labute approximate surface area is 185 Å². The second kappa shape index (κ2) is 10.6. The van der Waals surface area contributed by atoms with Gasteiger partial charge in [-0.3, -0.25) is 0 Å². The van der Waals surface area contributed by atoms with Gasteiger partial charge in [0.05, 0.1) is 13.2 Å². The molecule has 2 heterocycles. The maximum Gasteiger partial charge on any atom is 0.414 e. The Kier molecular flexibility index (Phi) is 7.39. The molecule has 4 rings (SSSR count). The van der Waals surface area contributed by atoms with E-state index in [1.807, 2.05) is 60.7 Å². The van der Waals surface area contributed by atoms with Crippen LogP contribution >= 0.6 is 0 Å². The van der Waals surface area contributed by atoms with Crippen molar-refractivity contribution in [2.24, 2.45) is 0 Å². The molecule has 1 unspecified atom stereocenters. The Bertz CT molecular complexity index is 936. The third kappa shape index (κ3) is 5.11. The average molecular weight is 440 g/mol. The molecule has 0 aliphatic carbocycles. The van der Waals surface area contributed by atoms with Crippen molar-refractivity contribution in [3.05, 3.63) is 77.3 Å². The molecule has 0 N–H and O–H groups in total. The van der Waals surface area contributed by atoms with Crippen LogP contribution in [-0.4, -0.2) is 61.4 Å². The molecule has 32 heavy (non-hydrogen) atoms. The topological polar surface area (TPSA) is 109 Å². The van der Waals surface area contributed by atoms with Crippen molar-refractivity contribution in [2.75, 3.05) is 13.7 Å². The summed E-state index contributed by atoms with van der Waals surface area (Å²) in [5.41, 5.74) is 10.5. The predicted molar refractivity (Wildman–Crippen MR) is 110 cm³/mol. The van der Waals surface area contributed by atoms with E-state index in [-0.39, 0.29) is 13.2 Å². The molecule has 6 atom stereocenters. The van der Waals surface area contributed by atoms with Crippen LogP contribution < -0.4 is 0 Å². The number of benzene rings is 2. The zero-order valence-corrected chi connectivity index (χ0v) is 17.5. The Morgan fingerprint density at radius 3 is 2.50 bits per heavy atom. The van der Waals surface area contributed by atoms with Crippen molar-refractivity contribution in [3.8, 4) is 0 Å². The summed E-state index contributed by atoms with van der Waals surface area (Å²) >= 11 is 0. The van der Waals surface area contributed by atoms with Crippen LogP contribution in [0.4, 0.5) is 0 Å². The number of rotatable bonds is 7. The summed E-state index contributed by atoms with van der Waals surface area (Å²) in [4.78, 5) is 14.8. The molecule has 0 radical (unpaired) electrons. The van der Waals surface area contributed by atoms with Crippen molar-refractivity contribution in [3.63, 3.8) is 0 Å². The maximum absolute atomic E-state index is 12.1. The van der Waals surface area contributed by atoms with Crippen molar-refractivity contribution < 1.29 is 38.0 Å². The SMILES string of the molecule is CO[C@@H]1O[C@@H]2COC(c3ccccc3)O[C@H]2[C@H](OCc2ccccc2)[C@H]1OC(=O)C=[N+]=[N-]. The number of hydrogen-bond donors (Lipinski definition) is 0. The van der Waals surface area contributed by atoms with E-state index in [0.717, 1.165) is 11.1 Å². The van der Waals surface area contributed by atoms with Gasteiger partial charge in [0.25, 0.3) is 0 Å². The van der Waals surface area contributed by atoms with Crippen molar-refractivity contribution in [1.82, 2.24) is 0 Å². The standard InChI is InChI=1S/C23H24N2O7/c1-27-23-21(31-18(26)12-25-24)20(28-13-15-8-4-2-5-9-15)19-17(30-23)14-29-22(32-19)16-10-6-3-7-11-16/h2-12,17,19-23H,13-14H2,1H3/t17-,19-,20+,21-,22?,23-/m1/s1. The summed E-state index contributed by atoms with van der Waals surface area (Å²) in [7, 11) is 1.44. The fraction of sp³-hybridized carbons (Fsp3) is 0.391. The van der Waals surface area contributed by atoms with Gasteiger partial charge in [0, 0.05) is 12.7 Å². The van der Waals surface area contributed by atoms with E-state index in [1.54, 1.807) is 0 Å². The number of carbonyl (C=O) groups is 1. The summed E-state index contributed by atoms with van der Waals surface area (Å²) in [6.07, 6.45) is -3.69. The molecule has 2 saturated heterocycles. The van der Waals surface area contributed by atoms with Gasteiger partial charge in [0.1, 0.15) is 18.3 Å². The van der Waals surface area contributed by atoms with Crippen LogP contribution in [0.5, 0.6) is 0 Å². The molecule has 0 spiro atoms. The average Bonchev–Trinajstić information content (AvgIpc) is 2.84. The van der Waals surface area contributed by atoms with Crippen LogP contribution in [0.15, 0.2) is 60.7 Å². The van der Waals surface area contributed by atoms with Gasteiger partial charge in [-0.05, 0) is 5.56 Å². The first kappa shape index (κ1) is 22.3. The first-order valence-corrected chi connectivity index (χ1v) is 10.2. The van der Waals surface area contributed by atoms with E-state index < -0.39 is 43.0 Å². The fourth-order valence-electron chi connectivity index (χ4n) is 3.81. The van der Waals surface area contributed by atoms with Crippen molar-refractivity contribution in [2.45, 2.75) is 43.6 Å². The number of fused-ring (bicyclic) bond motifs is 1. The monoisotopic (exact) mass is 440 g/mol. The van der Waals surface area contributed by atoms with E-state index >= 15 is 0 Å². The van der Waals surface area contributed by atoms with Gasteiger partial charge in [0.2, 0.25) is 0 Å². The third-order valence-electron chi connectivity index (χ3n) is 5.29. The highest BCUT2D eigenvalue weighted by atomic mass is 16.8. The van der Waals surface area contributed by atoms with Gasteiger partial charge in [-0.2, -0.15) is 4.79 Å². The molecule has 9 heteroatoms. The molecule has 2 aliphatic heterocycles. The summed E-state index contributed by atoms with van der Waals surface area (Å²) in [6, 6.07) is 19.1. The minimum atomic E-state index is -0.968. The van der Waals surface area contributed by atoms with Crippen LogP contribution in [-0.2, 0) is 39.8 Å². The van der Waals surface area contributed by atoms with E-state index in [9.17, 15) is 4.79 Å². The number of ether oxygens (including phenoxy) is 6. The largest absolute Gasteiger partial charge is 0.446 e. The van der Waals surface area contributed by atoms with Gasteiger partial charge in [-0.1, -0.05) is 60.7 Å². The highest BCUT2D eigenvalue weighted by Gasteiger charge is 2.52. The second-order valence-corrected chi connectivity index (χ2v) is 7.36. The fourth-order valence-corrected chi connectivity index (χ4v) is 3.81. The van der Waals surface area contributed by atoms with Crippen LogP contribution in [0.1, 0.15) is 17.4 Å². The molecular formula is C23H24N2O7. The molecule has 2 aliphatic rings. The van der Waals surface area contributed by atoms with E-state index in [4.69, 9.17) is 34.0 Å². The van der Waals surface area contributed by atoms with Gasteiger partial charge >= 0.3 is 12.2 Å². The molecule has 0 amide bonds. The Balaban J connectivity index is 1.60. The summed E-state index contributed by atoms with van der Waals surface area (Å²) in [5, 5.41) is 0. The summed E-state index contributed by atoms with van der Waals surface area (Å²) < 4.78 is 35.2. The highest BCUT2D eigenvalue weighted by molar-refractivity contribution is 6.20. The third-order valence-corrected chi connectivity index (χ3v) is 5.29. The number of esters is 1. The predicted octanol–water partition coefficient (Wildman–Crippen LogP) is 2.27. The first-order chi connectivity index (χ1) is 15.7. The number of hydrogen-bond acceptors (Lipinski definition) is 7. The molecule has 168 valence electrons. The van der Waals surface area contributed by atoms with Crippen LogP contribution in [0.25, 0.3) is 5.53 Å². The maximum atomic E-state index is 12.1. The van der Waals surface area contributed by atoms with Crippen LogP contribution in [0, 0.1) is 0 Å². The molecule has 9 nitrogen and oxygen atoms in total. The second-order valence-electron chi connectivity index (χ2n) is 7.36. The molecular weight excluding hydrogens is 416 g/mol. The Hall–Kier alpha value is -2.91. The van der Waals surface area contributed by atoms with Gasteiger partial charge in [-0.25, -0.2) is 4.79 Å². The minimum Gasteiger partial charge on any atom is -0.446 e. The van der Waals surface area contributed by atoms with Gasteiger partial charge in [0.15, 0.2) is 18.7 Å². The lowest BCUT2D eigenvalue weighted by molar-refractivity contribution is -0.364. The normalized spacial score (nSPS) is 29.4. The zero-order valence-electron chi connectivity index (χ0n) is 17.5. The highest BCUT2D eigenvalue weighted by Crippen LogP contribution is 2.36. The van der Waals surface area contributed by atoms with Gasteiger partial charge in [-0.15, -0.1) is 0 Å². The molecule has 2 aromatic carbocycles. The number of nitrogens with zero attached hydrogens (tertiary/aromatic N) is 2. The van der Waals surface area contributed by atoms with Crippen LogP contribution in [0.3, 0.4) is 0 Å². The lowest BCUT2D eigenvalue weighted by atomic mass is 9.97. The molecule has 0 saturated carbocycles. The van der Waals surface area contributed by atoms with Gasteiger partial charge < -0.3 is 34.0 Å². The molecule has 0 aromatic heterocycles. The molecule has 2 aromatic rings. The summed E-state index contributed by atoms with van der Waals surface area (Å²) in [6.45, 7) is 0.502. The summed E-state index contributed by atoms with van der Waals surface area (Å²) in [5.74, 6) is -0.860. The quantitative estimate of drug-likeness (QED) is 0.281. The zero-order chi connectivity index (χ0) is 22.3. The molecule has 0 bridgehead atoms. The lowest BCUT2D eigenvalue weighted by Crippen LogP contribution is -2.63. The number of methoxy groups -OCH3 is 1. The smallest absolute Gasteiger partial charge is 0.414 e. The lowest BCUT2D eigenvalue weighted by Gasteiger charge is -2.48. The van der Waals surface area contributed by atoms with E-state index in [1.165, 1.54) is 7.11 Å². The Morgan fingerprint density at radius 1 is 1.09 bits per heavy atom.